The number of aromatic nitrogens is 1. The minimum atomic E-state index is -1.03. The van der Waals surface area contributed by atoms with E-state index in [0.29, 0.717) is 6.42 Å². The van der Waals surface area contributed by atoms with Crippen molar-refractivity contribution in [3.05, 3.63) is 88.9 Å². The molecule has 1 N–H and O–H groups in total. The molecule has 1 atom stereocenters. The van der Waals surface area contributed by atoms with Crippen molar-refractivity contribution in [1.82, 2.24) is 4.98 Å². The van der Waals surface area contributed by atoms with Crippen LogP contribution in [0.15, 0.2) is 88.1 Å². The number of thiazole rings is 1. The van der Waals surface area contributed by atoms with Crippen LogP contribution in [0.1, 0.15) is 23.9 Å². The predicted octanol–water partition coefficient (Wildman–Crippen LogP) is 6.09. The molecule has 0 fully saturated rings. The van der Waals surface area contributed by atoms with Gasteiger partial charge in [-0.05, 0) is 47.0 Å². The van der Waals surface area contributed by atoms with Crippen LogP contribution in [0.2, 0.25) is 0 Å². The highest BCUT2D eigenvalue weighted by Gasteiger charge is 2.32. The first-order valence-corrected chi connectivity index (χ1v) is 10.3. The molecule has 0 bridgehead atoms. The summed E-state index contributed by atoms with van der Waals surface area (Å²) in [6.45, 7) is 1.99. The Morgan fingerprint density at radius 1 is 0.962 bits per heavy atom. The average Bonchev–Trinajstić information content (AvgIpc) is 3.23. The van der Waals surface area contributed by atoms with E-state index in [4.69, 9.17) is 0 Å². The lowest BCUT2D eigenvalue weighted by Gasteiger charge is -2.25. The van der Waals surface area contributed by atoms with Crippen LogP contribution in [-0.2, 0) is 5.60 Å². The quantitative estimate of drug-likeness (QED) is 0.456. The minimum Gasteiger partial charge on any atom is -0.378 e. The molecule has 2 nitrogen and oxygen atoms in total. The van der Waals surface area contributed by atoms with Crippen LogP contribution >= 0.6 is 23.1 Å². The van der Waals surface area contributed by atoms with Crippen LogP contribution in [-0.4, -0.2) is 10.1 Å². The summed E-state index contributed by atoms with van der Waals surface area (Å²) >= 11 is 3.20. The molecular formula is C22H19NOS2. The first-order valence-electron chi connectivity index (χ1n) is 8.58. The predicted molar refractivity (Wildman–Crippen MR) is 110 cm³/mol. The van der Waals surface area contributed by atoms with E-state index in [-0.39, 0.29) is 0 Å². The van der Waals surface area contributed by atoms with Gasteiger partial charge in [0, 0.05) is 21.4 Å². The van der Waals surface area contributed by atoms with Crippen LogP contribution in [0.3, 0.4) is 0 Å². The van der Waals surface area contributed by atoms with Crippen LogP contribution in [0.5, 0.6) is 0 Å². The highest BCUT2D eigenvalue weighted by molar-refractivity contribution is 7.99. The third kappa shape index (κ3) is 3.28. The van der Waals surface area contributed by atoms with Crippen molar-refractivity contribution in [3.63, 3.8) is 0 Å². The van der Waals surface area contributed by atoms with Crippen LogP contribution < -0.4 is 0 Å². The second kappa shape index (κ2) is 7.23. The van der Waals surface area contributed by atoms with Gasteiger partial charge < -0.3 is 5.11 Å². The van der Waals surface area contributed by atoms with Gasteiger partial charge in [-0.15, -0.1) is 11.3 Å². The average molecular weight is 378 g/mol. The van der Waals surface area contributed by atoms with Crippen molar-refractivity contribution in [2.45, 2.75) is 28.7 Å². The van der Waals surface area contributed by atoms with Crippen molar-refractivity contribution in [1.29, 1.82) is 0 Å². The van der Waals surface area contributed by atoms with Crippen molar-refractivity contribution in [2.75, 3.05) is 0 Å². The molecule has 0 aliphatic heterocycles. The van der Waals surface area contributed by atoms with E-state index in [9.17, 15) is 5.11 Å². The number of nitrogens with zero attached hydrogens (tertiary/aromatic N) is 1. The van der Waals surface area contributed by atoms with Crippen molar-refractivity contribution in [3.8, 4) is 0 Å². The number of benzene rings is 3. The van der Waals surface area contributed by atoms with Crippen LogP contribution in [0, 0.1) is 0 Å². The number of aliphatic hydroxyl groups is 1. The highest BCUT2D eigenvalue weighted by Crippen LogP contribution is 2.37. The van der Waals surface area contributed by atoms with E-state index < -0.39 is 5.60 Å². The third-order valence-electron chi connectivity index (χ3n) is 4.57. The van der Waals surface area contributed by atoms with Crippen molar-refractivity contribution >= 4 is 33.9 Å². The number of hydrogen-bond acceptors (Lipinski definition) is 4. The third-order valence-corrected chi connectivity index (χ3v) is 6.47. The molecule has 0 saturated heterocycles. The summed E-state index contributed by atoms with van der Waals surface area (Å²) in [6, 6.07) is 23.0. The fourth-order valence-corrected chi connectivity index (χ4v) is 4.85. The molecule has 1 heterocycles. The Morgan fingerprint density at radius 2 is 1.77 bits per heavy atom. The zero-order chi connectivity index (χ0) is 18.0. The van der Waals surface area contributed by atoms with Gasteiger partial charge in [-0.3, -0.25) is 0 Å². The Balaban J connectivity index is 1.66. The van der Waals surface area contributed by atoms with Gasteiger partial charge in [0.1, 0.15) is 10.6 Å². The Kier molecular flexibility index (Phi) is 4.81. The van der Waals surface area contributed by atoms with Gasteiger partial charge in [0.15, 0.2) is 0 Å². The standard InChI is InChI=1S/C22H19NOS2/c1-2-22(24,21-23-12-13-25-21)18-8-5-9-19(15-18)26-20-11-10-16-6-3-4-7-17(16)14-20/h3-15,24H,2H2,1H3. The summed E-state index contributed by atoms with van der Waals surface area (Å²) in [6.07, 6.45) is 2.33. The van der Waals surface area contributed by atoms with Gasteiger partial charge in [-0.1, -0.05) is 61.2 Å². The molecule has 0 aliphatic carbocycles. The van der Waals surface area contributed by atoms with E-state index in [2.05, 4.69) is 59.6 Å². The lowest BCUT2D eigenvalue weighted by molar-refractivity contribution is 0.0760. The molecule has 0 radical (unpaired) electrons. The molecule has 4 rings (SSSR count). The molecule has 0 amide bonds. The first kappa shape index (κ1) is 17.3. The van der Waals surface area contributed by atoms with E-state index in [1.807, 2.05) is 24.4 Å². The molecule has 0 aliphatic rings. The summed E-state index contributed by atoms with van der Waals surface area (Å²) in [4.78, 5) is 6.65. The van der Waals surface area contributed by atoms with Crippen LogP contribution in [0.4, 0.5) is 0 Å². The molecule has 1 unspecified atom stereocenters. The first-order chi connectivity index (χ1) is 12.7. The van der Waals surface area contributed by atoms with E-state index in [1.165, 1.54) is 27.0 Å². The topological polar surface area (TPSA) is 33.1 Å². The minimum absolute atomic E-state index is 0.588. The summed E-state index contributed by atoms with van der Waals surface area (Å²) in [5, 5.41) is 16.4. The van der Waals surface area contributed by atoms with Gasteiger partial charge >= 0.3 is 0 Å². The SMILES string of the molecule is CCC(O)(c1cccc(Sc2ccc3ccccc3c2)c1)c1nccs1. The summed E-state index contributed by atoms with van der Waals surface area (Å²) in [5.41, 5.74) is -0.144. The van der Waals surface area contributed by atoms with Gasteiger partial charge in [0.25, 0.3) is 0 Å². The molecule has 26 heavy (non-hydrogen) atoms. The lowest BCUT2D eigenvalue weighted by Crippen LogP contribution is -2.26. The van der Waals surface area contributed by atoms with E-state index in [1.54, 1.807) is 18.0 Å². The normalized spacial score (nSPS) is 13.6. The van der Waals surface area contributed by atoms with E-state index >= 15 is 0 Å². The summed E-state index contributed by atoms with van der Waals surface area (Å²) < 4.78 is 0. The Bertz CT molecular complexity index is 1030. The van der Waals surface area contributed by atoms with Gasteiger partial charge in [0.2, 0.25) is 0 Å². The molecular weight excluding hydrogens is 358 g/mol. The Labute approximate surface area is 161 Å². The molecule has 130 valence electrons. The van der Waals surface area contributed by atoms with Crippen molar-refractivity contribution in [2.24, 2.45) is 0 Å². The summed E-state index contributed by atoms with van der Waals surface area (Å²) in [5.74, 6) is 0. The second-order valence-electron chi connectivity index (χ2n) is 6.19. The molecule has 4 aromatic rings. The fourth-order valence-electron chi connectivity index (χ4n) is 3.09. The van der Waals surface area contributed by atoms with Gasteiger partial charge in [-0.25, -0.2) is 4.98 Å². The Morgan fingerprint density at radius 3 is 2.54 bits per heavy atom. The zero-order valence-electron chi connectivity index (χ0n) is 14.4. The Hall–Kier alpha value is -2.14. The smallest absolute Gasteiger partial charge is 0.141 e. The maximum atomic E-state index is 11.2. The molecule has 0 spiro atoms. The number of hydrogen-bond donors (Lipinski definition) is 1. The number of fused-ring (bicyclic) bond motifs is 1. The monoisotopic (exact) mass is 377 g/mol. The zero-order valence-corrected chi connectivity index (χ0v) is 16.1. The van der Waals surface area contributed by atoms with Gasteiger partial charge in [-0.2, -0.15) is 0 Å². The largest absolute Gasteiger partial charge is 0.378 e. The molecule has 1 aromatic heterocycles. The fraction of sp³-hybridized carbons (Fsp3) is 0.136. The maximum Gasteiger partial charge on any atom is 0.141 e. The van der Waals surface area contributed by atoms with Gasteiger partial charge in [0.05, 0.1) is 0 Å². The molecule has 3 aromatic carbocycles. The molecule has 4 heteroatoms. The highest BCUT2D eigenvalue weighted by atomic mass is 32.2. The van der Waals surface area contributed by atoms with Crippen LogP contribution in [0.25, 0.3) is 10.8 Å². The number of rotatable bonds is 5. The second-order valence-corrected chi connectivity index (χ2v) is 8.23. The summed E-state index contributed by atoms with van der Waals surface area (Å²) in [7, 11) is 0. The maximum absolute atomic E-state index is 11.2. The lowest BCUT2D eigenvalue weighted by atomic mass is 9.92. The molecule has 0 saturated carbocycles. The van der Waals surface area contributed by atoms with E-state index in [0.717, 1.165) is 15.5 Å². The van der Waals surface area contributed by atoms with Crippen molar-refractivity contribution < 1.29 is 5.11 Å².